The molecule has 0 spiro atoms. The maximum absolute atomic E-state index is 11.7. The van der Waals surface area contributed by atoms with Gasteiger partial charge in [0.05, 0.1) is 5.25 Å². The lowest BCUT2D eigenvalue weighted by Crippen LogP contribution is -2.40. The molecular weight excluding hydrogens is 282 g/mol. The van der Waals surface area contributed by atoms with E-state index in [1.54, 1.807) is 0 Å². The highest BCUT2D eigenvalue weighted by Gasteiger charge is 2.34. The first kappa shape index (κ1) is 14.8. The summed E-state index contributed by atoms with van der Waals surface area (Å²) in [6.45, 7) is 0.804. The molecule has 3 nitrogen and oxygen atoms in total. The van der Waals surface area contributed by atoms with Crippen LogP contribution in [0.15, 0.2) is 24.3 Å². The van der Waals surface area contributed by atoms with Crippen LogP contribution in [0.3, 0.4) is 0 Å². The van der Waals surface area contributed by atoms with Crippen LogP contribution in [0.25, 0.3) is 0 Å². The van der Waals surface area contributed by atoms with Gasteiger partial charge in [0, 0.05) is 17.3 Å². The second kappa shape index (κ2) is 6.25. The predicted molar refractivity (Wildman–Crippen MR) is 79.4 cm³/mol. The second-order valence-electron chi connectivity index (χ2n) is 5.24. The van der Waals surface area contributed by atoms with E-state index in [0.29, 0.717) is 0 Å². The van der Waals surface area contributed by atoms with Crippen LogP contribution in [0, 0.1) is 0 Å². The van der Waals surface area contributed by atoms with Gasteiger partial charge in [0.25, 0.3) is 0 Å². The van der Waals surface area contributed by atoms with Gasteiger partial charge in [-0.15, -0.1) is 0 Å². The molecule has 1 aromatic rings. The van der Waals surface area contributed by atoms with Crippen LogP contribution in [0.4, 0.5) is 0 Å². The van der Waals surface area contributed by atoms with E-state index in [-0.39, 0.29) is 11.3 Å². The molecule has 2 atom stereocenters. The third kappa shape index (κ3) is 4.20. The van der Waals surface area contributed by atoms with Crippen molar-refractivity contribution in [2.45, 2.75) is 37.0 Å². The first-order valence-corrected chi connectivity index (χ1v) is 8.97. The summed E-state index contributed by atoms with van der Waals surface area (Å²) >= 11 is 5.84. The van der Waals surface area contributed by atoms with Crippen molar-refractivity contribution in [1.82, 2.24) is 5.32 Å². The Bertz CT molecular complexity index is 513. The molecule has 5 heteroatoms. The molecule has 0 aromatic heterocycles. The van der Waals surface area contributed by atoms with Crippen molar-refractivity contribution >= 4 is 21.4 Å². The summed E-state index contributed by atoms with van der Waals surface area (Å²) in [7, 11) is -2.93. The Morgan fingerprint density at radius 1 is 1.26 bits per heavy atom. The van der Waals surface area contributed by atoms with Crippen molar-refractivity contribution in [3.8, 4) is 0 Å². The number of nitrogens with one attached hydrogen (secondary N) is 1. The van der Waals surface area contributed by atoms with E-state index >= 15 is 0 Å². The molecule has 1 aromatic carbocycles. The van der Waals surface area contributed by atoms with Crippen LogP contribution >= 0.6 is 11.6 Å². The van der Waals surface area contributed by atoms with Crippen LogP contribution in [0.1, 0.15) is 24.8 Å². The molecule has 1 saturated carbocycles. The largest absolute Gasteiger partial charge is 0.312 e. The molecule has 2 unspecified atom stereocenters. The highest BCUT2D eigenvalue weighted by molar-refractivity contribution is 7.91. The zero-order chi connectivity index (χ0) is 13.9. The van der Waals surface area contributed by atoms with Crippen LogP contribution in [-0.2, 0) is 16.3 Å². The smallest absolute Gasteiger partial charge is 0.151 e. The SMILES string of the molecule is CS(=O)(=O)C1CCCC1NCCc1ccc(Cl)cc1. The van der Waals surface area contributed by atoms with Crippen LogP contribution in [0.2, 0.25) is 5.02 Å². The van der Waals surface area contributed by atoms with Gasteiger partial charge < -0.3 is 5.32 Å². The molecule has 0 amide bonds. The van der Waals surface area contributed by atoms with Crippen molar-refractivity contribution in [3.05, 3.63) is 34.9 Å². The maximum atomic E-state index is 11.7. The van der Waals surface area contributed by atoms with Gasteiger partial charge in [-0.1, -0.05) is 30.2 Å². The molecule has 1 fully saturated rings. The van der Waals surface area contributed by atoms with Crippen LogP contribution < -0.4 is 5.32 Å². The zero-order valence-corrected chi connectivity index (χ0v) is 12.7. The monoisotopic (exact) mass is 301 g/mol. The Hall–Kier alpha value is -0.580. The molecule has 0 radical (unpaired) electrons. The van der Waals surface area contributed by atoms with Gasteiger partial charge in [0.2, 0.25) is 0 Å². The van der Waals surface area contributed by atoms with Gasteiger partial charge in [0.1, 0.15) is 0 Å². The van der Waals surface area contributed by atoms with Crippen molar-refractivity contribution in [2.24, 2.45) is 0 Å². The van der Waals surface area contributed by atoms with E-state index in [1.165, 1.54) is 11.8 Å². The van der Waals surface area contributed by atoms with Gasteiger partial charge >= 0.3 is 0 Å². The van der Waals surface area contributed by atoms with Gasteiger partial charge in [0.15, 0.2) is 9.84 Å². The fourth-order valence-electron chi connectivity index (χ4n) is 2.72. The Kier molecular flexibility index (Phi) is 4.87. The van der Waals surface area contributed by atoms with Crippen molar-refractivity contribution in [3.63, 3.8) is 0 Å². The summed E-state index contributed by atoms with van der Waals surface area (Å²) in [6, 6.07) is 7.89. The number of benzene rings is 1. The molecule has 0 aliphatic heterocycles. The summed E-state index contributed by atoms with van der Waals surface area (Å²) in [5, 5.41) is 3.92. The Morgan fingerprint density at radius 3 is 2.58 bits per heavy atom. The quantitative estimate of drug-likeness (QED) is 0.908. The lowest BCUT2D eigenvalue weighted by Gasteiger charge is -2.19. The third-order valence-corrected chi connectivity index (χ3v) is 5.65. The predicted octanol–water partition coefficient (Wildman–Crippen LogP) is 2.44. The molecule has 1 aliphatic carbocycles. The number of halogens is 1. The standard InChI is InChI=1S/C14H20ClNO2S/c1-19(17,18)14-4-2-3-13(14)16-10-9-11-5-7-12(15)8-6-11/h5-8,13-14,16H,2-4,9-10H2,1H3. The Labute approximate surface area is 120 Å². The summed E-state index contributed by atoms with van der Waals surface area (Å²) < 4.78 is 23.3. The fraction of sp³-hybridized carbons (Fsp3) is 0.571. The normalized spacial score (nSPS) is 23.7. The van der Waals surface area contributed by atoms with Crippen molar-refractivity contribution < 1.29 is 8.42 Å². The molecule has 2 rings (SSSR count). The van der Waals surface area contributed by atoms with E-state index in [9.17, 15) is 8.42 Å². The van der Waals surface area contributed by atoms with Gasteiger partial charge in [-0.25, -0.2) is 8.42 Å². The van der Waals surface area contributed by atoms with E-state index in [0.717, 1.165) is 37.3 Å². The average molecular weight is 302 g/mol. The Morgan fingerprint density at radius 2 is 1.95 bits per heavy atom. The van der Waals surface area contributed by atoms with Crippen molar-refractivity contribution in [1.29, 1.82) is 0 Å². The maximum Gasteiger partial charge on any atom is 0.151 e. The molecular formula is C14H20ClNO2S. The number of hydrogen-bond acceptors (Lipinski definition) is 3. The summed E-state index contributed by atoms with van der Waals surface area (Å²) in [5.74, 6) is 0. The van der Waals surface area contributed by atoms with Crippen molar-refractivity contribution in [2.75, 3.05) is 12.8 Å². The third-order valence-electron chi connectivity index (χ3n) is 3.74. The number of rotatable bonds is 5. The first-order valence-electron chi connectivity index (χ1n) is 6.63. The molecule has 0 saturated heterocycles. The van der Waals surface area contributed by atoms with Gasteiger partial charge in [-0.05, 0) is 43.5 Å². The van der Waals surface area contributed by atoms with Gasteiger partial charge in [-0.2, -0.15) is 0 Å². The van der Waals surface area contributed by atoms with E-state index in [1.807, 2.05) is 24.3 Å². The highest BCUT2D eigenvalue weighted by atomic mass is 35.5. The minimum atomic E-state index is -2.93. The molecule has 19 heavy (non-hydrogen) atoms. The number of sulfone groups is 1. The van der Waals surface area contributed by atoms with E-state index in [4.69, 9.17) is 11.6 Å². The minimum absolute atomic E-state index is 0.113. The van der Waals surface area contributed by atoms with Crippen LogP contribution in [-0.4, -0.2) is 32.5 Å². The highest BCUT2D eigenvalue weighted by Crippen LogP contribution is 2.25. The summed E-state index contributed by atoms with van der Waals surface area (Å²) in [5.41, 5.74) is 1.21. The summed E-state index contributed by atoms with van der Waals surface area (Å²) in [6.07, 6.45) is 4.98. The van der Waals surface area contributed by atoms with E-state index in [2.05, 4.69) is 5.32 Å². The molecule has 0 heterocycles. The minimum Gasteiger partial charge on any atom is -0.312 e. The average Bonchev–Trinajstić information content (AvgIpc) is 2.80. The number of hydrogen-bond donors (Lipinski definition) is 1. The lowest BCUT2D eigenvalue weighted by atomic mass is 10.1. The molecule has 1 N–H and O–H groups in total. The molecule has 106 valence electrons. The van der Waals surface area contributed by atoms with Crippen LogP contribution in [0.5, 0.6) is 0 Å². The Balaban J connectivity index is 1.84. The van der Waals surface area contributed by atoms with Gasteiger partial charge in [-0.3, -0.25) is 0 Å². The lowest BCUT2D eigenvalue weighted by molar-refractivity contribution is 0.510. The topological polar surface area (TPSA) is 46.2 Å². The fourth-order valence-corrected chi connectivity index (χ4v) is 4.27. The summed E-state index contributed by atoms with van der Waals surface area (Å²) in [4.78, 5) is 0. The molecule has 0 bridgehead atoms. The second-order valence-corrected chi connectivity index (χ2v) is 7.94. The van der Waals surface area contributed by atoms with E-state index < -0.39 is 9.84 Å². The molecule has 1 aliphatic rings. The zero-order valence-electron chi connectivity index (χ0n) is 11.1. The first-order chi connectivity index (χ1) is 8.97.